The van der Waals surface area contributed by atoms with E-state index in [-0.39, 0.29) is 17.2 Å². The number of benzene rings is 1. The van der Waals surface area contributed by atoms with E-state index in [0.29, 0.717) is 25.9 Å². The minimum Gasteiger partial charge on any atom is -0.496 e. The molecule has 178 valence electrons. The summed E-state index contributed by atoms with van der Waals surface area (Å²) >= 11 is 0. The predicted octanol–water partition coefficient (Wildman–Crippen LogP) is 3.92. The number of ether oxygens (including phenoxy) is 1. The number of hydrogen-bond acceptors (Lipinski definition) is 4. The van der Waals surface area contributed by atoms with Crippen LogP contribution in [0.3, 0.4) is 0 Å². The summed E-state index contributed by atoms with van der Waals surface area (Å²) in [6.45, 7) is 13.7. The Bertz CT molecular complexity index is 762. The van der Waals surface area contributed by atoms with Crippen LogP contribution in [0.2, 0.25) is 0 Å². The van der Waals surface area contributed by atoms with Crippen LogP contribution in [0.4, 0.5) is 0 Å². The standard InChI is InChI=1S/C26H41N3O3/c1-6-10-24(30)29-19-16-27(17-20-29)15-18-28(25(31)21-26(2,3)4)14-9-12-22-11-7-8-13-23(22)32-5/h7-9,11-13H,6,10,14-21H2,1-5H3/b12-9+. The third kappa shape index (κ3) is 8.65. The number of piperazine rings is 1. The Morgan fingerprint density at radius 1 is 1.12 bits per heavy atom. The number of rotatable bonds is 10. The maximum atomic E-state index is 13.0. The number of amides is 2. The number of methoxy groups -OCH3 is 1. The molecule has 2 rings (SSSR count). The van der Waals surface area contributed by atoms with Crippen molar-refractivity contribution in [2.45, 2.75) is 47.0 Å². The van der Waals surface area contributed by atoms with Gasteiger partial charge in [-0.3, -0.25) is 14.5 Å². The van der Waals surface area contributed by atoms with Gasteiger partial charge < -0.3 is 14.5 Å². The molecule has 0 aliphatic carbocycles. The van der Waals surface area contributed by atoms with Crippen molar-refractivity contribution >= 4 is 17.9 Å². The average Bonchev–Trinajstić information content (AvgIpc) is 2.75. The topological polar surface area (TPSA) is 53.1 Å². The summed E-state index contributed by atoms with van der Waals surface area (Å²) in [5.41, 5.74) is 0.957. The van der Waals surface area contributed by atoms with E-state index in [4.69, 9.17) is 4.74 Å². The van der Waals surface area contributed by atoms with E-state index in [2.05, 4.69) is 25.7 Å². The van der Waals surface area contributed by atoms with Gasteiger partial charge in [0.05, 0.1) is 7.11 Å². The van der Waals surface area contributed by atoms with Gasteiger partial charge in [0.2, 0.25) is 11.8 Å². The van der Waals surface area contributed by atoms with Crippen molar-refractivity contribution in [2.24, 2.45) is 5.41 Å². The lowest BCUT2D eigenvalue weighted by Crippen LogP contribution is -2.50. The summed E-state index contributed by atoms with van der Waals surface area (Å²) < 4.78 is 5.42. The lowest BCUT2D eigenvalue weighted by atomic mass is 9.91. The molecule has 0 bridgehead atoms. The molecule has 0 saturated carbocycles. The summed E-state index contributed by atoms with van der Waals surface area (Å²) in [6, 6.07) is 7.88. The van der Waals surface area contributed by atoms with Crippen LogP contribution in [0.15, 0.2) is 30.3 Å². The molecule has 2 amide bonds. The molecule has 0 radical (unpaired) electrons. The van der Waals surface area contributed by atoms with E-state index in [1.807, 2.05) is 53.1 Å². The number of nitrogens with zero attached hydrogens (tertiary/aromatic N) is 3. The molecule has 1 aliphatic heterocycles. The lowest BCUT2D eigenvalue weighted by molar-refractivity contribution is -0.133. The lowest BCUT2D eigenvalue weighted by Gasteiger charge is -2.36. The highest BCUT2D eigenvalue weighted by atomic mass is 16.5. The Labute approximate surface area is 194 Å². The van der Waals surface area contributed by atoms with Crippen LogP contribution in [0.25, 0.3) is 6.08 Å². The fourth-order valence-corrected chi connectivity index (χ4v) is 3.85. The molecule has 0 spiro atoms. The van der Waals surface area contributed by atoms with Gasteiger partial charge in [0.15, 0.2) is 0 Å². The second-order valence-electron chi connectivity index (χ2n) is 9.69. The molecule has 0 unspecified atom stereocenters. The van der Waals surface area contributed by atoms with Gasteiger partial charge >= 0.3 is 0 Å². The molecule has 1 aromatic rings. The Hall–Kier alpha value is -2.34. The number of carbonyl (C=O) groups is 2. The molecular weight excluding hydrogens is 402 g/mol. The third-order valence-electron chi connectivity index (χ3n) is 5.67. The van der Waals surface area contributed by atoms with Gasteiger partial charge in [-0.15, -0.1) is 0 Å². The summed E-state index contributed by atoms with van der Waals surface area (Å²) in [4.78, 5) is 31.4. The Balaban J connectivity index is 1.95. The molecular formula is C26H41N3O3. The number of para-hydroxylation sites is 1. The Kier molecular flexibility index (Phi) is 10.2. The van der Waals surface area contributed by atoms with Crippen LogP contribution in [0, 0.1) is 5.41 Å². The van der Waals surface area contributed by atoms with E-state index in [0.717, 1.165) is 50.5 Å². The van der Waals surface area contributed by atoms with Crippen molar-refractivity contribution in [3.8, 4) is 5.75 Å². The predicted molar refractivity (Wildman–Crippen MR) is 131 cm³/mol. The molecule has 32 heavy (non-hydrogen) atoms. The van der Waals surface area contributed by atoms with Gasteiger partial charge in [0.25, 0.3) is 0 Å². The minimum absolute atomic E-state index is 0.0486. The first kappa shape index (κ1) is 25.9. The van der Waals surface area contributed by atoms with Crippen LogP contribution in [0.1, 0.15) is 52.5 Å². The second-order valence-corrected chi connectivity index (χ2v) is 9.69. The van der Waals surface area contributed by atoms with Gasteiger partial charge in [-0.2, -0.15) is 0 Å². The quantitative estimate of drug-likeness (QED) is 0.550. The highest BCUT2D eigenvalue weighted by Gasteiger charge is 2.23. The fraction of sp³-hybridized carbons (Fsp3) is 0.615. The van der Waals surface area contributed by atoms with Gasteiger partial charge in [-0.25, -0.2) is 0 Å². The first-order valence-corrected chi connectivity index (χ1v) is 11.8. The number of carbonyl (C=O) groups excluding carboxylic acids is 2. The van der Waals surface area contributed by atoms with E-state index in [1.54, 1.807) is 7.11 Å². The Morgan fingerprint density at radius 2 is 1.81 bits per heavy atom. The highest BCUT2D eigenvalue weighted by Crippen LogP contribution is 2.21. The van der Waals surface area contributed by atoms with Crippen molar-refractivity contribution in [3.63, 3.8) is 0 Å². The van der Waals surface area contributed by atoms with Crippen LogP contribution in [-0.2, 0) is 9.59 Å². The second kappa shape index (κ2) is 12.6. The van der Waals surface area contributed by atoms with Crippen LogP contribution in [-0.4, -0.2) is 79.4 Å². The van der Waals surface area contributed by atoms with Gasteiger partial charge in [-0.05, 0) is 17.9 Å². The molecule has 1 aliphatic rings. The SMILES string of the molecule is CCCC(=O)N1CCN(CCN(C/C=C/c2ccccc2OC)C(=O)CC(C)(C)C)CC1. The van der Waals surface area contributed by atoms with Crippen molar-refractivity contribution in [3.05, 3.63) is 35.9 Å². The summed E-state index contributed by atoms with van der Waals surface area (Å²) in [5, 5.41) is 0. The van der Waals surface area contributed by atoms with Crippen molar-refractivity contribution < 1.29 is 14.3 Å². The fourth-order valence-electron chi connectivity index (χ4n) is 3.85. The maximum Gasteiger partial charge on any atom is 0.223 e. The van der Waals surface area contributed by atoms with E-state index in [9.17, 15) is 9.59 Å². The molecule has 1 heterocycles. The van der Waals surface area contributed by atoms with Crippen molar-refractivity contribution in [1.29, 1.82) is 0 Å². The third-order valence-corrected chi connectivity index (χ3v) is 5.67. The average molecular weight is 444 g/mol. The zero-order valence-electron chi connectivity index (χ0n) is 20.6. The molecule has 1 fully saturated rings. The molecule has 1 aromatic carbocycles. The summed E-state index contributed by atoms with van der Waals surface area (Å²) in [5.74, 6) is 1.27. The minimum atomic E-state index is -0.0486. The van der Waals surface area contributed by atoms with Crippen molar-refractivity contribution in [2.75, 3.05) is 52.9 Å². The van der Waals surface area contributed by atoms with Gasteiger partial charge in [0, 0.05) is 64.2 Å². The Morgan fingerprint density at radius 3 is 2.44 bits per heavy atom. The van der Waals surface area contributed by atoms with E-state index in [1.165, 1.54) is 0 Å². The molecule has 0 N–H and O–H groups in total. The van der Waals surface area contributed by atoms with Crippen LogP contribution >= 0.6 is 0 Å². The molecule has 6 heteroatoms. The van der Waals surface area contributed by atoms with Gasteiger partial charge in [0.1, 0.15) is 5.75 Å². The number of hydrogen-bond donors (Lipinski definition) is 0. The first-order valence-electron chi connectivity index (χ1n) is 11.8. The maximum absolute atomic E-state index is 13.0. The van der Waals surface area contributed by atoms with Crippen molar-refractivity contribution in [1.82, 2.24) is 14.7 Å². The van der Waals surface area contributed by atoms with E-state index >= 15 is 0 Å². The van der Waals surface area contributed by atoms with E-state index < -0.39 is 0 Å². The normalized spacial score (nSPS) is 15.2. The molecule has 6 nitrogen and oxygen atoms in total. The largest absolute Gasteiger partial charge is 0.496 e. The molecule has 1 saturated heterocycles. The monoisotopic (exact) mass is 443 g/mol. The highest BCUT2D eigenvalue weighted by molar-refractivity contribution is 5.77. The van der Waals surface area contributed by atoms with Crippen LogP contribution in [0.5, 0.6) is 5.75 Å². The molecule has 0 aromatic heterocycles. The summed E-state index contributed by atoms with van der Waals surface area (Å²) in [7, 11) is 1.67. The zero-order chi connectivity index (χ0) is 23.6. The smallest absolute Gasteiger partial charge is 0.223 e. The zero-order valence-corrected chi connectivity index (χ0v) is 20.6. The van der Waals surface area contributed by atoms with Gasteiger partial charge in [-0.1, -0.05) is 58.0 Å². The van der Waals surface area contributed by atoms with Crippen LogP contribution < -0.4 is 4.74 Å². The first-order chi connectivity index (χ1) is 15.2. The summed E-state index contributed by atoms with van der Waals surface area (Å²) in [6.07, 6.45) is 6.11. The molecule has 0 atom stereocenters.